The number of amides is 2. The third-order valence-corrected chi connectivity index (χ3v) is 6.60. The lowest BCUT2D eigenvalue weighted by Gasteiger charge is -2.30. The Balaban J connectivity index is 1.57. The van der Waals surface area contributed by atoms with E-state index in [9.17, 15) is 9.59 Å². The van der Waals surface area contributed by atoms with Crippen molar-refractivity contribution in [3.8, 4) is 0 Å². The molecule has 7 nitrogen and oxygen atoms in total. The topological polar surface area (TPSA) is 88.0 Å². The van der Waals surface area contributed by atoms with Crippen molar-refractivity contribution in [3.63, 3.8) is 0 Å². The number of aromatic nitrogens is 2. The zero-order chi connectivity index (χ0) is 26.1. The maximum absolute atomic E-state index is 15.2. The third-order valence-electron chi connectivity index (χ3n) is 6.11. The molecule has 1 aliphatic rings. The maximum atomic E-state index is 15.2. The lowest BCUT2D eigenvalue weighted by Crippen LogP contribution is -2.32. The molecule has 0 spiro atoms. The summed E-state index contributed by atoms with van der Waals surface area (Å²) >= 11 is 3.41. The largest absolute Gasteiger partial charge is 0.343 e. The summed E-state index contributed by atoms with van der Waals surface area (Å²) < 4.78 is 17.3. The molecule has 186 valence electrons. The molecule has 0 aliphatic carbocycles. The first kappa shape index (κ1) is 24.5. The van der Waals surface area contributed by atoms with E-state index in [2.05, 4.69) is 37.0 Å². The Morgan fingerprint density at radius 1 is 0.946 bits per heavy atom. The van der Waals surface area contributed by atoms with E-state index < -0.39 is 17.8 Å². The van der Waals surface area contributed by atoms with Gasteiger partial charge in [-0.15, -0.1) is 0 Å². The van der Waals surface area contributed by atoms with Crippen LogP contribution in [0.3, 0.4) is 0 Å². The molecule has 3 aromatic carbocycles. The minimum absolute atomic E-state index is 0.239. The molecule has 0 fully saturated rings. The number of nitrogens with zero attached hydrogens (tertiary/aromatic N) is 2. The van der Waals surface area contributed by atoms with Crippen LogP contribution >= 0.6 is 15.9 Å². The molecule has 0 bridgehead atoms. The number of allylic oxidation sites excluding steroid dienone is 1. The number of aryl methyl sites for hydroxylation is 1. The first-order valence-electron chi connectivity index (χ1n) is 11.6. The second kappa shape index (κ2) is 10.0. The molecule has 5 rings (SSSR count). The number of anilines is 3. The van der Waals surface area contributed by atoms with Crippen LogP contribution in [0, 0.1) is 12.7 Å². The van der Waals surface area contributed by atoms with Crippen LogP contribution in [0.1, 0.15) is 34.5 Å². The van der Waals surface area contributed by atoms with E-state index in [1.165, 1.54) is 16.9 Å². The molecule has 2 amide bonds. The van der Waals surface area contributed by atoms with Crippen molar-refractivity contribution >= 4 is 44.9 Å². The van der Waals surface area contributed by atoms with Crippen LogP contribution in [0.25, 0.3) is 0 Å². The summed E-state index contributed by atoms with van der Waals surface area (Å²) in [5.74, 6) is -0.925. The minimum Gasteiger partial charge on any atom is -0.343 e. The van der Waals surface area contributed by atoms with E-state index in [0.717, 1.165) is 5.56 Å². The van der Waals surface area contributed by atoms with Crippen LogP contribution in [-0.4, -0.2) is 21.6 Å². The Labute approximate surface area is 221 Å². The van der Waals surface area contributed by atoms with Crippen molar-refractivity contribution in [2.75, 3.05) is 16.0 Å². The number of hydrogen-bond acceptors (Lipinski definition) is 4. The van der Waals surface area contributed by atoms with Gasteiger partial charge in [-0.2, -0.15) is 5.10 Å². The predicted octanol–water partition coefficient (Wildman–Crippen LogP) is 6.27. The van der Waals surface area contributed by atoms with Crippen LogP contribution in [0.4, 0.5) is 21.6 Å². The zero-order valence-electron chi connectivity index (χ0n) is 20.0. The number of carbonyl (C=O) groups excluding carboxylic acids is 2. The van der Waals surface area contributed by atoms with Crippen LogP contribution in [0.5, 0.6) is 0 Å². The molecule has 2 heterocycles. The van der Waals surface area contributed by atoms with Crippen molar-refractivity contribution in [3.05, 3.63) is 117 Å². The summed E-state index contributed by atoms with van der Waals surface area (Å²) in [6.45, 7) is 3.69. The van der Waals surface area contributed by atoms with E-state index in [-0.39, 0.29) is 22.6 Å². The molecule has 1 aromatic heterocycles. The highest BCUT2D eigenvalue weighted by molar-refractivity contribution is 9.10. The Morgan fingerprint density at radius 3 is 2.35 bits per heavy atom. The van der Waals surface area contributed by atoms with Crippen molar-refractivity contribution in [2.45, 2.75) is 19.9 Å². The van der Waals surface area contributed by atoms with Crippen molar-refractivity contribution < 1.29 is 14.0 Å². The Hall–Kier alpha value is -4.24. The SMILES string of the molecule is CC1=C(C(=O)Nc2ccccc2)[C@@H](c2cc(Br)ccc2F)n2ncc(C(=O)Nc3ccc(C)cc3)c2N1. The average Bonchev–Trinajstić information content (AvgIpc) is 3.30. The molecule has 0 saturated carbocycles. The summed E-state index contributed by atoms with van der Waals surface area (Å²) in [6, 6.07) is 20.1. The number of hydrogen-bond donors (Lipinski definition) is 3. The molecular weight excluding hydrogens is 537 g/mol. The smallest absolute Gasteiger partial charge is 0.261 e. The lowest BCUT2D eigenvalue weighted by atomic mass is 9.94. The monoisotopic (exact) mass is 559 g/mol. The molecule has 4 aromatic rings. The van der Waals surface area contributed by atoms with Crippen molar-refractivity contribution in [2.24, 2.45) is 0 Å². The van der Waals surface area contributed by atoms with Gasteiger partial charge in [0.1, 0.15) is 23.2 Å². The quantitative estimate of drug-likeness (QED) is 0.269. The van der Waals surface area contributed by atoms with E-state index in [1.54, 1.807) is 31.2 Å². The van der Waals surface area contributed by atoms with E-state index in [0.29, 0.717) is 27.4 Å². The van der Waals surface area contributed by atoms with Gasteiger partial charge in [-0.25, -0.2) is 9.07 Å². The predicted molar refractivity (Wildman–Crippen MR) is 145 cm³/mol. The summed E-state index contributed by atoms with van der Waals surface area (Å²) in [6.07, 6.45) is 1.42. The molecule has 0 radical (unpaired) electrons. The fraction of sp³-hybridized carbons (Fsp3) is 0.107. The van der Waals surface area contributed by atoms with Gasteiger partial charge in [0.2, 0.25) is 0 Å². The van der Waals surface area contributed by atoms with Gasteiger partial charge in [0.05, 0.1) is 11.8 Å². The van der Waals surface area contributed by atoms with Gasteiger partial charge in [0.25, 0.3) is 11.8 Å². The van der Waals surface area contributed by atoms with Gasteiger partial charge in [-0.05, 0) is 56.3 Å². The third kappa shape index (κ3) is 4.90. The second-order valence-corrected chi connectivity index (χ2v) is 9.64. The number of para-hydroxylation sites is 1. The van der Waals surface area contributed by atoms with Gasteiger partial charge in [0.15, 0.2) is 0 Å². The van der Waals surface area contributed by atoms with Crippen LogP contribution in [0.2, 0.25) is 0 Å². The average molecular weight is 560 g/mol. The highest BCUT2D eigenvalue weighted by atomic mass is 79.9. The first-order valence-corrected chi connectivity index (χ1v) is 12.4. The van der Waals surface area contributed by atoms with Gasteiger partial charge < -0.3 is 16.0 Å². The molecule has 0 saturated heterocycles. The summed E-state index contributed by atoms with van der Waals surface area (Å²) in [5.41, 5.74) is 3.58. The van der Waals surface area contributed by atoms with Crippen molar-refractivity contribution in [1.82, 2.24) is 9.78 Å². The van der Waals surface area contributed by atoms with Crippen LogP contribution in [-0.2, 0) is 4.79 Å². The Bertz CT molecular complexity index is 1530. The number of benzene rings is 3. The Morgan fingerprint density at radius 2 is 1.62 bits per heavy atom. The van der Waals surface area contributed by atoms with Crippen LogP contribution < -0.4 is 16.0 Å². The molecule has 9 heteroatoms. The van der Waals surface area contributed by atoms with Crippen LogP contribution in [0.15, 0.2) is 94.7 Å². The standard InChI is InChI=1S/C28H23BrFN5O2/c1-16-8-11-20(12-9-16)33-27(36)22-15-31-35-25(21-14-18(29)10-13-23(21)30)24(17(2)32-26(22)35)28(37)34-19-6-4-3-5-7-19/h3-15,25,32H,1-2H3,(H,33,36)(H,34,37)/t25-/m1/s1. The number of nitrogens with one attached hydrogen (secondary N) is 3. The normalized spacial score (nSPS) is 14.5. The number of carbonyl (C=O) groups is 2. The Kier molecular flexibility index (Phi) is 6.62. The fourth-order valence-corrected chi connectivity index (χ4v) is 4.66. The highest BCUT2D eigenvalue weighted by Crippen LogP contribution is 2.39. The molecule has 0 unspecified atom stereocenters. The second-order valence-electron chi connectivity index (χ2n) is 8.72. The molecule has 3 N–H and O–H groups in total. The van der Waals surface area contributed by atoms with Gasteiger partial charge >= 0.3 is 0 Å². The number of fused-ring (bicyclic) bond motifs is 1. The first-order chi connectivity index (χ1) is 17.8. The maximum Gasteiger partial charge on any atom is 0.261 e. The van der Waals surface area contributed by atoms with E-state index >= 15 is 4.39 Å². The summed E-state index contributed by atoms with van der Waals surface area (Å²) in [7, 11) is 0. The summed E-state index contributed by atoms with van der Waals surface area (Å²) in [5, 5.41) is 13.3. The number of rotatable bonds is 5. The summed E-state index contributed by atoms with van der Waals surface area (Å²) in [4.78, 5) is 26.7. The zero-order valence-corrected chi connectivity index (χ0v) is 21.6. The number of halogens is 2. The molecule has 1 atom stereocenters. The van der Waals surface area contributed by atoms with E-state index in [4.69, 9.17) is 0 Å². The van der Waals surface area contributed by atoms with Gasteiger partial charge in [0, 0.05) is 27.1 Å². The van der Waals surface area contributed by atoms with E-state index in [1.807, 2.05) is 49.4 Å². The minimum atomic E-state index is -0.918. The van der Waals surface area contributed by atoms with Gasteiger partial charge in [-0.1, -0.05) is 51.8 Å². The molecule has 37 heavy (non-hydrogen) atoms. The highest BCUT2D eigenvalue weighted by Gasteiger charge is 2.36. The molecule has 1 aliphatic heterocycles. The van der Waals surface area contributed by atoms with Crippen molar-refractivity contribution in [1.29, 1.82) is 0 Å². The van der Waals surface area contributed by atoms with Gasteiger partial charge in [-0.3, -0.25) is 9.59 Å². The fourth-order valence-electron chi connectivity index (χ4n) is 4.28. The lowest BCUT2D eigenvalue weighted by molar-refractivity contribution is -0.113. The molecular formula is C28H23BrFN5O2.